The van der Waals surface area contributed by atoms with Crippen LogP contribution in [0, 0.1) is 11.6 Å². The molecule has 0 aliphatic rings. The molecule has 0 heterocycles. The van der Waals surface area contributed by atoms with E-state index in [-0.39, 0.29) is 24.2 Å². The molecule has 0 radical (unpaired) electrons. The summed E-state index contributed by atoms with van der Waals surface area (Å²) in [6.45, 7) is 1.43. The fourth-order valence-electron chi connectivity index (χ4n) is 1.05. The van der Waals surface area contributed by atoms with Crippen LogP contribution >= 0.6 is 0 Å². The molecule has 0 aliphatic heterocycles. The first kappa shape index (κ1) is 9.84. The predicted octanol–water partition coefficient (Wildman–Crippen LogP) is 2.49. The largest absolute Gasteiger partial charge is 0.300 e. The fraction of sp³-hybridized carbons (Fsp3) is 0.300. The van der Waals surface area contributed by atoms with E-state index in [1.54, 1.807) is 0 Å². The van der Waals surface area contributed by atoms with Gasteiger partial charge in [0, 0.05) is 6.42 Å². The van der Waals surface area contributed by atoms with Gasteiger partial charge >= 0.3 is 0 Å². The summed E-state index contributed by atoms with van der Waals surface area (Å²) in [4.78, 5) is 10.6. The van der Waals surface area contributed by atoms with E-state index < -0.39 is 11.6 Å². The van der Waals surface area contributed by atoms with Gasteiger partial charge in [-0.3, -0.25) is 0 Å². The summed E-state index contributed by atoms with van der Waals surface area (Å²) in [5.41, 5.74) is 0.259. The standard InChI is InChI=1S/C10H10F2O/c1-7(13)5-6-8-3-2-4-9(11)10(8)12/h2-4H,5-6H2,1H3. The number of hydrogen-bond acceptors (Lipinski definition) is 1. The zero-order valence-corrected chi connectivity index (χ0v) is 7.31. The van der Waals surface area contributed by atoms with Gasteiger partial charge in [0.1, 0.15) is 5.78 Å². The van der Waals surface area contributed by atoms with Crippen molar-refractivity contribution in [2.24, 2.45) is 0 Å². The van der Waals surface area contributed by atoms with Gasteiger partial charge in [0.05, 0.1) is 0 Å². The maximum atomic E-state index is 13.0. The third kappa shape index (κ3) is 2.61. The minimum Gasteiger partial charge on any atom is -0.300 e. The number of halogens is 2. The third-order valence-corrected chi connectivity index (χ3v) is 1.78. The molecule has 0 amide bonds. The zero-order valence-electron chi connectivity index (χ0n) is 7.31. The molecule has 0 aromatic heterocycles. The molecule has 1 aromatic carbocycles. The van der Waals surface area contributed by atoms with Crippen LogP contribution < -0.4 is 0 Å². The number of Topliss-reactive ketones (excluding diaryl/α,β-unsaturated/α-hetero) is 1. The number of benzene rings is 1. The van der Waals surface area contributed by atoms with Crippen LogP contribution in [0.25, 0.3) is 0 Å². The highest BCUT2D eigenvalue weighted by molar-refractivity contribution is 5.75. The lowest BCUT2D eigenvalue weighted by molar-refractivity contribution is -0.116. The molecule has 0 atom stereocenters. The highest BCUT2D eigenvalue weighted by Gasteiger charge is 2.07. The lowest BCUT2D eigenvalue weighted by Gasteiger charge is -2.01. The van der Waals surface area contributed by atoms with Crippen molar-refractivity contribution >= 4 is 5.78 Å². The molecule has 0 N–H and O–H groups in total. The lowest BCUT2D eigenvalue weighted by Crippen LogP contribution is -1.98. The molecular formula is C10H10F2O. The van der Waals surface area contributed by atoms with Crippen LogP contribution in [0.4, 0.5) is 8.78 Å². The Labute approximate surface area is 75.4 Å². The second-order valence-electron chi connectivity index (χ2n) is 2.91. The van der Waals surface area contributed by atoms with E-state index in [0.29, 0.717) is 0 Å². The molecule has 0 aliphatic carbocycles. The van der Waals surface area contributed by atoms with Crippen molar-refractivity contribution in [3.05, 3.63) is 35.4 Å². The van der Waals surface area contributed by atoms with Crippen LogP contribution in [-0.4, -0.2) is 5.78 Å². The first-order chi connectivity index (χ1) is 6.11. The van der Waals surface area contributed by atoms with Crippen LogP contribution in [0.3, 0.4) is 0 Å². The van der Waals surface area contributed by atoms with Gasteiger partial charge in [-0.25, -0.2) is 8.78 Å². The quantitative estimate of drug-likeness (QED) is 0.705. The van der Waals surface area contributed by atoms with Gasteiger partial charge in [0.2, 0.25) is 0 Å². The van der Waals surface area contributed by atoms with Crippen LogP contribution in [-0.2, 0) is 11.2 Å². The van der Waals surface area contributed by atoms with Gasteiger partial charge in [-0.2, -0.15) is 0 Å². The highest BCUT2D eigenvalue weighted by Crippen LogP contribution is 2.12. The Hall–Kier alpha value is -1.25. The molecule has 3 heteroatoms. The molecular weight excluding hydrogens is 174 g/mol. The predicted molar refractivity (Wildman–Crippen MR) is 45.4 cm³/mol. The molecule has 1 rings (SSSR count). The molecule has 0 saturated heterocycles. The minimum atomic E-state index is -0.860. The van der Waals surface area contributed by atoms with Crippen molar-refractivity contribution < 1.29 is 13.6 Å². The monoisotopic (exact) mass is 184 g/mol. The number of aryl methyl sites for hydroxylation is 1. The number of rotatable bonds is 3. The van der Waals surface area contributed by atoms with E-state index in [9.17, 15) is 13.6 Å². The number of hydrogen-bond donors (Lipinski definition) is 0. The number of carbonyl (C=O) groups excluding carboxylic acids is 1. The molecule has 13 heavy (non-hydrogen) atoms. The molecule has 70 valence electrons. The third-order valence-electron chi connectivity index (χ3n) is 1.78. The maximum absolute atomic E-state index is 13.0. The second-order valence-corrected chi connectivity index (χ2v) is 2.91. The fourth-order valence-corrected chi connectivity index (χ4v) is 1.05. The first-order valence-electron chi connectivity index (χ1n) is 4.03. The number of ketones is 1. The van der Waals surface area contributed by atoms with E-state index in [2.05, 4.69) is 0 Å². The highest BCUT2D eigenvalue weighted by atomic mass is 19.2. The van der Waals surface area contributed by atoms with Gasteiger partial charge in [-0.05, 0) is 25.0 Å². The van der Waals surface area contributed by atoms with Crippen LogP contribution in [0.2, 0.25) is 0 Å². The Balaban J connectivity index is 2.77. The summed E-state index contributed by atoms with van der Waals surface area (Å²) < 4.78 is 25.6. The molecule has 0 fully saturated rings. The number of carbonyl (C=O) groups is 1. The lowest BCUT2D eigenvalue weighted by atomic mass is 10.1. The Morgan fingerprint density at radius 2 is 2.08 bits per heavy atom. The van der Waals surface area contributed by atoms with E-state index in [0.717, 1.165) is 6.07 Å². The minimum absolute atomic E-state index is 0.0244. The molecule has 0 bridgehead atoms. The summed E-state index contributed by atoms with van der Waals surface area (Å²) >= 11 is 0. The van der Waals surface area contributed by atoms with Crippen molar-refractivity contribution in [3.63, 3.8) is 0 Å². The molecule has 1 nitrogen and oxygen atoms in total. The summed E-state index contributed by atoms with van der Waals surface area (Å²) in [5.74, 6) is -1.73. The SMILES string of the molecule is CC(=O)CCc1cccc(F)c1F. The van der Waals surface area contributed by atoms with E-state index in [1.807, 2.05) is 0 Å². The second kappa shape index (κ2) is 4.12. The molecule has 1 aromatic rings. The van der Waals surface area contributed by atoms with E-state index >= 15 is 0 Å². The van der Waals surface area contributed by atoms with E-state index in [4.69, 9.17) is 0 Å². The van der Waals surface area contributed by atoms with Crippen molar-refractivity contribution in [3.8, 4) is 0 Å². The molecule has 0 saturated carbocycles. The van der Waals surface area contributed by atoms with Crippen molar-refractivity contribution in [1.82, 2.24) is 0 Å². The van der Waals surface area contributed by atoms with Crippen LogP contribution in [0.5, 0.6) is 0 Å². The average molecular weight is 184 g/mol. The Morgan fingerprint density at radius 1 is 1.38 bits per heavy atom. The van der Waals surface area contributed by atoms with Gasteiger partial charge in [0.15, 0.2) is 11.6 Å². The Bertz CT molecular complexity index is 321. The van der Waals surface area contributed by atoms with Crippen LogP contribution in [0.15, 0.2) is 18.2 Å². The van der Waals surface area contributed by atoms with E-state index in [1.165, 1.54) is 19.1 Å². The average Bonchev–Trinajstić information content (AvgIpc) is 2.07. The summed E-state index contributed by atoms with van der Waals surface area (Å²) in [5, 5.41) is 0. The topological polar surface area (TPSA) is 17.1 Å². The van der Waals surface area contributed by atoms with Gasteiger partial charge in [-0.15, -0.1) is 0 Å². The summed E-state index contributed by atoms with van der Waals surface area (Å²) in [6.07, 6.45) is 0.513. The van der Waals surface area contributed by atoms with Crippen molar-refractivity contribution in [2.45, 2.75) is 19.8 Å². The van der Waals surface area contributed by atoms with Gasteiger partial charge in [0.25, 0.3) is 0 Å². The normalized spacial score (nSPS) is 10.1. The Kier molecular flexibility index (Phi) is 3.12. The smallest absolute Gasteiger partial charge is 0.162 e. The Morgan fingerprint density at radius 3 is 2.69 bits per heavy atom. The maximum Gasteiger partial charge on any atom is 0.162 e. The van der Waals surface area contributed by atoms with Crippen LogP contribution in [0.1, 0.15) is 18.9 Å². The molecule has 0 spiro atoms. The first-order valence-corrected chi connectivity index (χ1v) is 4.03. The zero-order chi connectivity index (χ0) is 9.84. The van der Waals surface area contributed by atoms with Crippen molar-refractivity contribution in [1.29, 1.82) is 0 Å². The summed E-state index contributed by atoms with van der Waals surface area (Å²) in [6, 6.07) is 3.99. The van der Waals surface area contributed by atoms with Gasteiger partial charge in [-0.1, -0.05) is 12.1 Å². The summed E-state index contributed by atoms with van der Waals surface area (Å²) in [7, 11) is 0. The van der Waals surface area contributed by atoms with Crippen molar-refractivity contribution in [2.75, 3.05) is 0 Å². The van der Waals surface area contributed by atoms with Gasteiger partial charge < -0.3 is 4.79 Å². The molecule has 0 unspecified atom stereocenters.